The maximum absolute atomic E-state index is 9.90. The van der Waals surface area contributed by atoms with Crippen LogP contribution >= 0.6 is 0 Å². The van der Waals surface area contributed by atoms with Crippen molar-refractivity contribution in [3.05, 3.63) is 35.4 Å². The van der Waals surface area contributed by atoms with E-state index < -0.39 is 0 Å². The van der Waals surface area contributed by atoms with Crippen molar-refractivity contribution in [2.75, 3.05) is 13.6 Å². The van der Waals surface area contributed by atoms with Crippen LogP contribution in [-0.2, 0) is 0 Å². The Morgan fingerprint density at radius 3 is 2.71 bits per heavy atom. The van der Waals surface area contributed by atoms with Crippen molar-refractivity contribution < 1.29 is 5.11 Å². The van der Waals surface area contributed by atoms with E-state index in [9.17, 15) is 5.11 Å². The van der Waals surface area contributed by atoms with Crippen LogP contribution in [0.3, 0.4) is 0 Å². The molecule has 0 aromatic heterocycles. The van der Waals surface area contributed by atoms with Crippen molar-refractivity contribution >= 4 is 0 Å². The van der Waals surface area contributed by atoms with Gasteiger partial charge in [0.05, 0.1) is 6.10 Å². The number of nitrogens with one attached hydrogen (secondary N) is 1. The van der Waals surface area contributed by atoms with Gasteiger partial charge in [0.1, 0.15) is 0 Å². The molecule has 14 heavy (non-hydrogen) atoms. The van der Waals surface area contributed by atoms with Gasteiger partial charge in [-0.2, -0.15) is 0 Å². The summed E-state index contributed by atoms with van der Waals surface area (Å²) in [4.78, 5) is 0. The van der Waals surface area contributed by atoms with Gasteiger partial charge in [-0.25, -0.2) is 0 Å². The lowest BCUT2D eigenvalue weighted by Gasteiger charge is -2.13. The zero-order valence-electron chi connectivity index (χ0n) is 8.96. The first kappa shape index (κ1) is 11.2. The Kier molecular flexibility index (Phi) is 4.63. The predicted octanol–water partition coefficient (Wildman–Crippen LogP) is 2.03. The first-order valence-corrected chi connectivity index (χ1v) is 5.14. The van der Waals surface area contributed by atoms with Gasteiger partial charge in [-0.1, -0.05) is 24.3 Å². The van der Waals surface area contributed by atoms with Crippen LogP contribution in [-0.4, -0.2) is 18.7 Å². The van der Waals surface area contributed by atoms with Gasteiger partial charge < -0.3 is 10.4 Å². The molecule has 0 saturated carbocycles. The van der Waals surface area contributed by atoms with Gasteiger partial charge in [0.2, 0.25) is 0 Å². The van der Waals surface area contributed by atoms with Gasteiger partial charge in [-0.05, 0) is 44.5 Å². The standard InChI is InChI=1S/C12H19NO/c1-10-6-3-4-7-11(10)12(14)8-5-9-13-2/h3-4,6-7,12-14H,5,8-9H2,1-2H3. The smallest absolute Gasteiger partial charge is 0.0793 e. The van der Waals surface area contributed by atoms with E-state index in [-0.39, 0.29) is 6.10 Å². The van der Waals surface area contributed by atoms with Crippen molar-refractivity contribution in [1.82, 2.24) is 5.32 Å². The molecule has 0 fully saturated rings. The highest BCUT2D eigenvalue weighted by atomic mass is 16.3. The second-order valence-corrected chi connectivity index (χ2v) is 3.62. The quantitative estimate of drug-likeness (QED) is 0.701. The normalized spacial score (nSPS) is 12.8. The summed E-state index contributed by atoms with van der Waals surface area (Å²) in [5.74, 6) is 0. The van der Waals surface area contributed by atoms with Crippen LogP contribution in [0, 0.1) is 6.92 Å². The van der Waals surface area contributed by atoms with Crippen LogP contribution in [0.15, 0.2) is 24.3 Å². The summed E-state index contributed by atoms with van der Waals surface area (Å²) in [5.41, 5.74) is 2.23. The summed E-state index contributed by atoms with van der Waals surface area (Å²) in [7, 11) is 1.93. The molecule has 2 nitrogen and oxygen atoms in total. The van der Waals surface area contributed by atoms with Crippen molar-refractivity contribution in [2.45, 2.75) is 25.9 Å². The summed E-state index contributed by atoms with van der Waals surface area (Å²) >= 11 is 0. The first-order chi connectivity index (χ1) is 6.75. The van der Waals surface area contributed by atoms with Crippen molar-refractivity contribution in [3.8, 4) is 0 Å². The lowest BCUT2D eigenvalue weighted by atomic mass is 10.0. The highest BCUT2D eigenvalue weighted by Crippen LogP contribution is 2.20. The third-order valence-electron chi connectivity index (χ3n) is 2.45. The number of aliphatic hydroxyl groups excluding tert-OH is 1. The fourth-order valence-electron chi connectivity index (χ4n) is 1.59. The Bertz CT molecular complexity index is 273. The van der Waals surface area contributed by atoms with Gasteiger partial charge >= 0.3 is 0 Å². The molecule has 0 aliphatic rings. The molecule has 0 heterocycles. The molecule has 2 heteroatoms. The minimum absolute atomic E-state index is 0.315. The molecule has 1 rings (SSSR count). The fraction of sp³-hybridized carbons (Fsp3) is 0.500. The lowest BCUT2D eigenvalue weighted by Crippen LogP contribution is -2.09. The SMILES string of the molecule is CNCCCC(O)c1ccccc1C. The highest BCUT2D eigenvalue weighted by Gasteiger charge is 2.08. The van der Waals surface area contributed by atoms with E-state index in [4.69, 9.17) is 0 Å². The second-order valence-electron chi connectivity index (χ2n) is 3.62. The molecule has 0 saturated heterocycles. The van der Waals surface area contributed by atoms with Gasteiger partial charge in [-0.3, -0.25) is 0 Å². The Morgan fingerprint density at radius 1 is 1.36 bits per heavy atom. The first-order valence-electron chi connectivity index (χ1n) is 5.14. The van der Waals surface area contributed by atoms with Crippen LogP contribution in [0.5, 0.6) is 0 Å². The van der Waals surface area contributed by atoms with Crippen LogP contribution in [0.4, 0.5) is 0 Å². The molecule has 1 unspecified atom stereocenters. The number of benzene rings is 1. The van der Waals surface area contributed by atoms with Crippen LogP contribution < -0.4 is 5.32 Å². The van der Waals surface area contributed by atoms with Gasteiger partial charge in [-0.15, -0.1) is 0 Å². The van der Waals surface area contributed by atoms with E-state index >= 15 is 0 Å². The third-order valence-corrected chi connectivity index (χ3v) is 2.45. The average molecular weight is 193 g/mol. The van der Waals surface area contributed by atoms with Gasteiger partial charge in [0.25, 0.3) is 0 Å². The zero-order valence-corrected chi connectivity index (χ0v) is 8.96. The Labute approximate surface area is 86.0 Å². The molecule has 0 spiro atoms. The molecule has 2 N–H and O–H groups in total. The number of hydrogen-bond acceptors (Lipinski definition) is 2. The summed E-state index contributed by atoms with van der Waals surface area (Å²) in [6, 6.07) is 8.01. The Hall–Kier alpha value is -0.860. The van der Waals surface area contributed by atoms with Crippen LogP contribution in [0.2, 0.25) is 0 Å². The molecular weight excluding hydrogens is 174 g/mol. The minimum atomic E-state index is -0.315. The number of hydrogen-bond donors (Lipinski definition) is 2. The van der Waals surface area contributed by atoms with Crippen LogP contribution in [0.25, 0.3) is 0 Å². The molecular formula is C12H19NO. The van der Waals surface area contributed by atoms with E-state index in [1.165, 1.54) is 5.56 Å². The molecule has 0 amide bonds. The van der Waals surface area contributed by atoms with Crippen molar-refractivity contribution in [3.63, 3.8) is 0 Å². The van der Waals surface area contributed by atoms with Gasteiger partial charge in [0.15, 0.2) is 0 Å². The summed E-state index contributed by atoms with van der Waals surface area (Å²) in [5, 5.41) is 13.0. The van der Waals surface area contributed by atoms with E-state index in [0.29, 0.717) is 0 Å². The maximum atomic E-state index is 9.90. The highest BCUT2D eigenvalue weighted by molar-refractivity contribution is 5.27. The molecule has 1 aromatic carbocycles. The Morgan fingerprint density at radius 2 is 2.07 bits per heavy atom. The minimum Gasteiger partial charge on any atom is -0.388 e. The van der Waals surface area contributed by atoms with Gasteiger partial charge in [0, 0.05) is 0 Å². The third kappa shape index (κ3) is 3.13. The monoisotopic (exact) mass is 193 g/mol. The van der Waals surface area contributed by atoms with E-state index in [1.807, 2.05) is 38.2 Å². The largest absolute Gasteiger partial charge is 0.388 e. The van der Waals surface area contributed by atoms with Crippen LogP contribution in [0.1, 0.15) is 30.1 Å². The molecule has 78 valence electrons. The van der Waals surface area contributed by atoms with Crippen molar-refractivity contribution in [2.24, 2.45) is 0 Å². The molecule has 0 aliphatic carbocycles. The number of aryl methyl sites for hydroxylation is 1. The number of aliphatic hydroxyl groups is 1. The lowest BCUT2D eigenvalue weighted by molar-refractivity contribution is 0.164. The average Bonchev–Trinajstić information content (AvgIpc) is 2.18. The Balaban J connectivity index is 2.51. The second kappa shape index (κ2) is 5.78. The molecule has 1 atom stereocenters. The van der Waals surface area contributed by atoms with E-state index in [0.717, 1.165) is 24.9 Å². The zero-order chi connectivity index (χ0) is 10.4. The van der Waals surface area contributed by atoms with E-state index in [2.05, 4.69) is 5.32 Å². The van der Waals surface area contributed by atoms with Crippen molar-refractivity contribution in [1.29, 1.82) is 0 Å². The van der Waals surface area contributed by atoms with E-state index in [1.54, 1.807) is 0 Å². The topological polar surface area (TPSA) is 32.3 Å². The fourth-order valence-corrected chi connectivity index (χ4v) is 1.59. The number of rotatable bonds is 5. The maximum Gasteiger partial charge on any atom is 0.0793 e. The summed E-state index contributed by atoms with van der Waals surface area (Å²) < 4.78 is 0. The molecule has 1 aromatic rings. The predicted molar refractivity (Wildman–Crippen MR) is 59.3 cm³/mol. The summed E-state index contributed by atoms with van der Waals surface area (Å²) in [6.45, 7) is 3.00. The summed E-state index contributed by atoms with van der Waals surface area (Å²) in [6.07, 6.45) is 1.52. The molecule has 0 aliphatic heterocycles. The molecule has 0 radical (unpaired) electrons. The molecule has 0 bridgehead atoms.